The highest BCUT2D eigenvalue weighted by Crippen LogP contribution is 2.16. The van der Waals surface area contributed by atoms with Gasteiger partial charge in [-0.3, -0.25) is 4.99 Å². The molecule has 3 aromatic rings. The van der Waals surface area contributed by atoms with E-state index in [-0.39, 0.29) is 0 Å². The van der Waals surface area contributed by atoms with E-state index >= 15 is 0 Å². The van der Waals surface area contributed by atoms with Gasteiger partial charge in [-0.25, -0.2) is 15.0 Å². The zero-order valence-corrected chi connectivity index (χ0v) is 15.3. The molecule has 0 bridgehead atoms. The summed E-state index contributed by atoms with van der Waals surface area (Å²) in [5, 5.41) is 3.32. The maximum atomic E-state index is 4.48. The molecule has 0 saturated heterocycles. The van der Waals surface area contributed by atoms with E-state index in [2.05, 4.69) is 42.4 Å². The molecule has 2 N–H and O–H groups in total. The fraction of sp³-hybridized carbons (Fsp3) is 0.263. The quantitative estimate of drug-likeness (QED) is 0.546. The molecule has 7 heteroatoms. The summed E-state index contributed by atoms with van der Waals surface area (Å²) < 4.78 is 0. The smallest absolute Gasteiger partial charge is 0.194 e. The van der Waals surface area contributed by atoms with Gasteiger partial charge >= 0.3 is 0 Å². The van der Waals surface area contributed by atoms with Crippen LogP contribution in [0.5, 0.6) is 0 Å². The summed E-state index contributed by atoms with van der Waals surface area (Å²) in [6.07, 6.45) is 3.62. The van der Waals surface area contributed by atoms with Gasteiger partial charge in [-0.15, -0.1) is 0 Å². The predicted octanol–water partition coefficient (Wildman–Crippen LogP) is 2.38. The van der Waals surface area contributed by atoms with Crippen LogP contribution in [-0.4, -0.2) is 44.9 Å². The van der Waals surface area contributed by atoms with Crippen LogP contribution in [0.25, 0.3) is 11.3 Å². The molecule has 0 fully saturated rings. The van der Waals surface area contributed by atoms with Crippen LogP contribution >= 0.6 is 0 Å². The first-order chi connectivity index (χ1) is 12.7. The van der Waals surface area contributed by atoms with Gasteiger partial charge in [0.15, 0.2) is 5.96 Å². The highest BCUT2D eigenvalue weighted by atomic mass is 15.3. The van der Waals surface area contributed by atoms with Crippen molar-refractivity contribution in [3.05, 3.63) is 66.1 Å². The highest BCUT2D eigenvalue weighted by molar-refractivity contribution is 5.79. The van der Waals surface area contributed by atoms with Crippen molar-refractivity contribution in [3.8, 4) is 11.3 Å². The molecule has 0 atom stereocenters. The van der Waals surface area contributed by atoms with Crippen molar-refractivity contribution in [1.29, 1.82) is 0 Å². The lowest BCUT2D eigenvalue weighted by molar-refractivity contribution is 0.463. The van der Waals surface area contributed by atoms with Crippen LogP contribution in [0.2, 0.25) is 0 Å². The van der Waals surface area contributed by atoms with E-state index in [4.69, 9.17) is 0 Å². The van der Waals surface area contributed by atoms with Gasteiger partial charge < -0.3 is 15.2 Å². The number of nitrogens with zero attached hydrogens (tertiary/aromatic N) is 5. The van der Waals surface area contributed by atoms with Gasteiger partial charge in [0.1, 0.15) is 11.6 Å². The van der Waals surface area contributed by atoms with Gasteiger partial charge in [0.05, 0.1) is 30.7 Å². The molecule has 0 aliphatic rings. The van der Waals surface area contributed by atoms with Crippen molar-refractivity contribution >= 4 is 5.96 Å². The van der Waals surface area contributed by atoms with E-state index in [0.717, 1.165) is 34.6 Å². The van der Waals surface area contributed by atoms with Crippen LogP contribution in [0, 0.1) is 6.92 Å². The van der Waals surface area contributed by atoms with E-state index in [1.165, 1.54) is 0 Å². The summed E-state index contributed by atoms with van der Waals surface area (Å²) in [4.78, 5) is 22.7. The normalized spacial score (nSPS) is 11.4. The average Bonchev–Trinajstić information content (AvgIpc) is 3.11. The van der Waals surface area contributed by atoms with E-state index < -0.39 is 0 Å². The number of nitrogens with one attached hydrogen (secondary N) is 2. The molecule has 134 valence electrons. The average molecular weight is 349 g/mol. The topological polar surface area (TPSA) is 82.1 Å². The molecule has 2 heterocycles. The molecule has 0 spiro atoms. The van der Waals surface area contributed by atoms with Crippen molar-refractivity contribution in [2.45, 2.75) is 20.0 Å². The molecule has 0 amide bonds. The Morgan fingerprint density at radius 2 is 2.00 bits per heavy atom. The second-order valence-corrected chi connectivity index (χ2v) is 5.96. The van der Waals surface area contributed by atoms with E-state index in [1.54, 1.807) is 13.2 Å². The van der Waals surface area contributed by atoms with Gasteiger partial charge in [0.2, 0.25) is 0 Å². The Balaban J connectivity index is 1.61. The Morgan fingerprint density at radius 3 is 2.73 bits per heavy atom. The number of hydrogen-bond acceptors (Lipinski definition) is 4. The molecule has 7 nitrogen and oxygen atoms in total. The maximum Gasteiger partial charge on any atom is 0.194 e. The van der Waals surface area contributed by atoms with Crippen molar-refractivity contribution in [2.24, 2.45) is 4.99 Å². The number of imidazole rings is 1. The minimum absolute atomic E-state index is 0.591. The molecule has 0 saturated carbocycles. The monoisotopic (exact) mass is 349 g/mol. The second-order valence-electron chi connectivity index (χ2n) is 5.96. The van der Waals surface area contributed by atoms with Crippen molar-refractivity contribution < 1.29 is 0 Å². The third kappa shape index (κ3) is 4.44. The molecular formula is C19H23N7. The van der Waals surface area contributed by atoms with Gasteiger partial charge in [0.25, 0.3) is 0 Å². The summed E-state index contributed by atoms with van der Waals surface area (Å²) in [6, 6.07) is 12.1. The zero-order chi connectivity index (χ0) is 18.4. The lowest BCUT2D eigenvalue weighted by Gasteiger charge is -2.21. The Morgan fingerprint density at radius 1 is 1.19 bits per heavy atom. The van der Waals surface area contributed by atoms with Gasteiger partial charge in [-0.2, -0.15) is 0 Å². The number of aromatic nitrogens is 4. The lowest BCUT2D eigenvalue weighted by Crippen LogP contribution is -2.38. The maximum absolute atomic E-state index is 4.48. The van der Waals surface area contributed by atoms with Crippen molar-refractivity contribution in [2.75, 3.05) is 14.1 Å². The van der Waals surface area contributed by atoms with Gasteiger partial charge in [-0.05, 0) is 18.6 Å². The number of aromatic amines is 1. The number of H-pyrrole nitrogens is 1. The third-order valence-electron chi connectivity index (χ3n) is 3.93. The fourth-order valence-electron chi connectivity index (χ4n) is 2.66. The van der Waals surface area contributed by atoms with Crippen molar-refractivity contribution in [1.82, 2.24) is 30.2 Å². The highest BCUT2D eigenvalue weighted by Gasteiger charge is 2.10. The second kappa shape index (κ2) is 8.24. The molecule has 0 unspecified atom stereocenters. The zero-order valence-electron chi connectivity index (χ0n) is 15.3. The fourth-order valence-corrected chi connectivity index (χ4v) is 2.66. The predicted molar refractivity (Wildman–Crippen MR) is 102 cm³/mol. The molecule has 2 aromatic heterocycles. The van der Waals surface area contributed by atoms with Crippen LogP contribution < -0.4 is 5.32 Å². The van der Waals surface area contributed by atoms with Crippen LogP contribution in [0.1, 0.15) is 17.3 Å². The summed E-state index contributed by atoms with van der Waals surface area (Å²) in [6.45, 7) is 3.09. The van der Waals surface area contributed by atoms with E-state index in [1.807, 2.05) is 49.3 Å². The Labute approximate surface area is 153 Å². The lowest BCUT2D eigenvalue weighted by atomic mass is 10.2. The SMILES string of the molecule is CN=C(NCc1ccnc(C)n1)N(C)Cc1ncc(-c2ccccc2)[nH]1. The molecule has 1 aromatic carbocycles. The first-order valence-corrected chi connectivity index (χ1v) is 8.45. The number of guanidine groups is 1. The van der Waals surface area contributed by atoms with E-state index in [9.17, 15) is 0 Å². The number of rotatable bonds is 5. The third-order valence-corrected chi connectivity index (χ3v) is 3.93. The summed E-state index contributed by atoms with van der Waals surface area (Å²) in [7, 11) is 3.74. The standard InChI is InChI=1S/C19H23N7/c1-14-21-10-9-16(24-14)11-23-19(20-2)26(3)13-18-22-12-17(25-18)15-7-5-4-6-8-15/h4-10,12H,11,13H2,1-3H3,(H,20,23)(H,22,25). The number of aliphatic imine (C=N–C) groups is 1. The summed E-state index contributed by atoms with van der Waals surface area (Å²) >= 11 is 0. The molecular weight excluding hydrogens is 326 g/mol. The minimum atomic E-state index is 0.591. The first kappa shape index (κ1) is 17.6. The molecule has 0 aliphatic carbocycles. The van der Waals surface area contributed by atoms with Crippen LogP contribution in [0.15, 0.2) is 53.8 Å². The van der Waals surface area contributed by atoms with E-state index in [0.29, 0.717) is 13.1 Å². The van der Waals surface area contributed by atoms with Crippen LogP contribution in [0.3, 0.4) is 0 Å². The number of benzene rings is 1. The largest absolute Gasteiger partial charge is 0.351 e. The number of hydrogen-bond donors (Lipinski definition) is 2. The first-order valence-electron chi connectivity index (χ1n) is 8.45. The van der Waals surface area contributed by atoms with Gasteiger partial charge in [0, 0.05) is 20.3 Å². The molecule has 3 rings (SSSR count). The Bertz CT molecular complexity index is 870. The van der Waals surface area contributed by atoms with Crippen LogP contribution in [0.4, 0.5) is 0 Å². The summed E-state index contributed by atoms with van der Waals surface area (Å²) in [5.74, 6) is 2.42. The van der Waals surface area contributed by atoms with Crippen LogP contribution in [-0.2, 0) is 13.1 Å². The van der Waals surface area contributed by atoms with Gasteiger partial charge in [-0.1, -0.05) is 30.3 Å². The molecule has 26 heavy (non-hydrogen) atoms. The number of aryl methyl sites for hydroxylation is 1. The Hall–Kier alpha value is -3.22. The summed E-state index contributed by atoms with van der Waals surface area (Å²) in [5.41, 5.74) is 3.06. The Kier molecular flexibility index (Phi) is 5.58. The molecule has 0 aliphatic heterocycles. The molecule has 0 radical (unpaired) electrons. The minimum Gasteiger partial charge on any atom is -0.351 e. The van der Waals surface area contributed by atoms with Crippen molar-refractivity contribution in [3.63, 3.8) is 0 Å².